The van der Waals surface area contributed by atoms with E-state index in [0.717, 1.165) is 47.7 Å². The lowest BCUT2D eigenvalue weighted by atomic mass is 9.94. The molecule has 3 aromatic rings. The summed E-state index contributed by atoms with van der Waals surface area (Å²) < 4.78 is 11.4. The molecule has 130 valence electrons. The van der Waals surface area contributed by atoms with Gasteiger partial charge in [-0.25, -0.2) is 4.98 Å². The predicted octanol–water partition coefficient (Wildman–Crippen LogP) is 2.15. The standard InChI is InChI=1S/C18H21N5O2/c1-24-11-4-5-14-12(7-11)15-16(25-14)17(22-18(19)21-15)23-8-10-3-2-6-20-13(10)9-23/h4-5,7,10,13,20H,2-3,6,8-9H2,1H3,(H2,19,21,22)/t10-,13+/m1/s1. The molecule has 0 aliphatic carbocycles. The van der Waals surface area contributed by atoms with Crippen molar-refractivity contribution in [2.45, 2.75) is 18.9 Å². The van der Waals surface area contributed by atoms with Gasteiger partial charge in [-0.15, -0.1) is 0 Å². The highest BCUT2D eigenvalue weighted by atomic mass is 16.5. The molecule has 7 nitrogen and oxygen atoms in total. The van der Waals surface area contributed by atoms with E-state index in [2.05, 4.69) is 20.2 Å². The first kappa shape index (κ1) is 14.8. The summed E-state index contributed by atoms with van der Waals surface area (Å²) >= 11 is 0. The largest absolute Gasteiger partial charge is 0.497 e. The van der Waals surface area contributed by atoms with Crippen molar-refractivity contribution in [3.8, 4) is 5.75 Å². The van der Waals surface area contributed by atoms with Crippen LogP contribution in [-0.4, -0.2) is 42.8 Å². The number of methoxy groups -OCH3 is 1. The number of anilines is 2. The van der Waals surface area contributed by atoms with E-state index in [9.17, 15) is 0 Å². The fourth-order valence-corrected chi connectivity index (χ4v) is 4.19. The molecule has 2 atom stereocenters. The van der Waals surface area contributed by atoms with Crippen LogP contribution in [0.3, 0.4) is 0 Å². The second-order valence-corrected chi connectivity index (χ2v) is 6.92. The lowest BCUT2D eigenvalue weighted by Gasteiger charge is -2.24. The summed E-state index contributed by atoms with van der Waals surface area (Å²) in [5.74, 6) is 2.50. The molecule has 0 saturated carbocycles. The second-order valence-electron chi connectivity index (χ2n) is 6.92. The van der Waals surface area contributed by atoms with Gasteiger partial charge in [-0.3, -0.25) is 0 Å². The van der Waals surface area contributed by atoms with E-state index in [1.165, 1.54) is 12.8 Å². The molecule has 25 heavy (non-hydrogen) atoms. The minimum Gasteiger partial charge on any atom is -0.497 e. The number of nitrogens with one attached hydrogen (secondary N) is 1. The molecule has 7 heteroatoms. The maximum absolute atomic E-state index is 6.11. The van der Waals surface area contributed by atoms with Gasteiger partial charge in [0.05, 0.1) is 12.5 Å². The summed E-state index contributed by atoms with van der Waals surface area (Å²) in [6.45, 7) is 3.00. The van der Waals surface area contributed by atoms with E-state index in [-0.39, 0.29) is 5.95 Å². The molecule has 3 N–H and O–H groups in total. The number of nitrogens with two attached hydrogens (primary N) is 1. The van der Waals surface area contributed by atoms with Crippen LogP contribution in [0.25, 0.3) is 22.1 Å². The molecule has 2 aromatic heterocycles. The van der Waals surface area contributed by atoms with Crippen molar-refractivity contribution in [1.82, 2.24) is 15.3 Å². The highest BCUT2D eigenvalue weighted by Gasteiger charge is 2.36. The zero-order valence-electron chi connectivity index (χ0n) is 14.2. The highest BCUT2D eigenvalue weighted by Crippen LogP contribution is 2.37. The average Bonchev–Trinajstić information content (AvgIpc) is 3.21. The number of piperidine rings is 1. The lowest BCUT2D eigenvalue weighted by Crippen LogP contribution is -2.40. The molecule has 2 aliphatic heterocycles. The van der Waals surface area contributed by atoms with Crippen molar-refractivity contribution in [3.05, 3.63) is 18.2 Å². The fraction of sp³-hybridized carbons (Fsp3) is 0.444. The van der Waals surface area contributed by atoms with Gasteiger partial charge in [0.1, 0.15) is 16.8 Å². The number of nitrogens with zero attached hydrogens (tertiary/aromatic N) is 3. The Kier molecular flexibility index (Phi) is 3.24. The number of aromatic nitrogens is 2. The quantitative estimate of drug-likeness (QED) is 0.739. The Morgan fingerprint density at radius 3 is 3.08 bits per heavy atom. The van der Waals surface area contributed by atoms with Crippen molar-refractivity contribution in [1.29, 1.82) is 0 Å². The van der Waals surface area contributed by atoms with E-state index in [1.54, 1.807) is 7.11 Å². The van der Waals surface area contributed by atoms with Crippen LogP contribution in [-0.2, 0) is 0 Å². The minimum absolute atomic E-state index is 0.274. The highest BCUT2D eigenvalue weighted by molar-refractivity contribution is 6.06. The normalized spacial score (nSPS) is 23.3. The Balaban J connectivity index is 1.65. The third-order valence-corrected chi connectivity index (χ3v) is 5.42. The van der Waals surface area contributed by atoms with Crippen LogP contribution in [0.4, 0.5) is 11.8 Å². The molecule has 2 saturated heterocycles. The van der Waals surface area contributed by atoms with E-state index < -0.39 is 0 Å². The summed E-state index contributed by atoms with van der Waals surface area (Å²) in [5, 5.41) is 4.52. The molecule has 1 aromatic carbocycles. The van der Waals surface area contributed by atoms with Gasteiger partial charge in [-0.05, 0) is 43.5 Å². The van der Waals surface area contributed by atoms with Crippen molar-refractivity contribution >= 4 is 33.8 Å². The Labute approximate surface area is 145 Å². The Morgan fingerprint density at radius 2 is 2.24 bits per heavy atom. The first-order valence-electron chi connectivity index (χ1n) is 8.75. The van der Waals surface area contributed by atoms with Gasteiger partial charge in [0.15, 0.2) is 11.4 Å². The summed E-state index contributed by atoms with van der Waals surface area (Å²) in [4.78, 5) is 11.2. The lowest BCUT2D eigenvalue weighted by molar-refractivity contribution is 0.340. The van der Waals surface area contributed by atoms with Gasteiger partial charge in [0.2, 0.25) is 5.95 Å². The average molecular weight is 339 g/mol. The third kappa shape index (κ3) is 2.30. The van der Waals surface area contributed by atoms with Crippen molar-refractivity contribution < 1.29 is 9.15 Å². The fourth-order valence-electron chi connectivity index (χ4n) is 4.19. The van der Waals surface area contributed by atoms with Crippen LogP contribution < -0.4 is 20.7 Å². The van der Waals surface area contributed by atoms with E-state index in [0.29, 0.717) is 17.5 Å². The SMILES string of the molecule is COc1ccc2oc3c(N4C[C@H]5CCCN[C@H]5C4)nc(N)nc3c2c1. The summed E-state index contributed by atoms with van der Waals surface area (Å²) in [5.41, 5.74) is 8.25. The van der Waals surface area contributed by atoms with Crippen LogP contribution in [0.1, 0.15) is 12.8 Å². The van der Waals surface area contributed by atoms with E-state index in [1.807, 2.05) is 18.2 Å². The van der Waals surface area contributed by atoms with Gasteiger partial charge in [0.25, 0.3) is 0 Å². The summed E-state index contributed by atoms with van der Waals surface area (Å²) in [7, 11) is 1.65. The molecule has 0 radical (unpaired) electrons. The van der Waals surface area contributed by atoms with Crippen molar-refractivity contribution in [3.63, 3.8) is 0 Å². The maximum atomic E-state index is 6.11. The van der Waals surface area contributed by atoms with Crippen molar-refractivity contribution in [2.24, 2.45) is 5.92 Å². The number of rotatable bonds is 2. The number of benzene rings is 1. The van der Waals surface area contributed by atoms with Crippen LogP contribution in [0.2, 0.25) is 0 Å². The van der Waals surface area contributed by atoms with Gasteiger partial charge >= 0.3 is 0 Å². The Bertz CT molecular complexity index is 939. The molecule has 0 unspecified atom stereocenters. The number of nitrogen functional groups attached to an aromatic ring is 1. The van der Waals surface area contributed by atoms with E-state index >= 15 is 0 Å². The Hall–Kier alpha value is -2.54. The molecular formula is C18H21N5O2. The van der Waals surface area contributed by atoms with E-state index in [4.69, 9.17) is 14.9 Å². The second kappa shape index (κ2) is 5.49. The van der Waals surface area contributed by atoms with Gasteiger partial charge in [0, 0.05) is 19.1 Å². The smallest absolute Gasteiger partial charge is 0.222 e. The number of fused-ring (bicyclic) bond motifs is 4. The molecule has 0 bridgehead atoms. The maximum Gasteiger partial charge on any atom is 0.222 e. The van der Waals surface area contributed by atoms with Gasteiger partial charge in [-0.2, -0.15) is 4.98 Å². The summed E-state index contributed by atoms with van der Waals surface area (Å²) in [6, 6.07) is 6.24. The Morgan fingerprint density at radius 1 is 1.32 bits per heavy atom. The van der Waals surface area contributed by atoms with Gasteiger partial charge in [-0.1, -0.05) is 0 Å². The van der Waals surface area contributed by atoms with Crippen LogP contribution in [0, 0.1) is 5.92 Å². The zero-order valence-corrected chi connectivity index (χ0v) is 14.2. The topological polar surface area (TPSA) is 89.4 Å². The van der Waals surface area contributed by atoms with Gasteiger partial charge < -0.3 is 25.1 Å². The first-order valence-corrected chi connectivity index (χ1v) is 8.75. The predicted molar refractivity (Wildman–Crippen MR) is 97.0 cm³/mol. The molecule has 4 heterocycles. The molecule has 0 spiro atoms. The first-order chi connectivity index (χ1) is 12.2. The molecule has 0 amide bonds. The number of furan rings is 1. The van der Waals surface area contributed by atoms with Crippen molar-refractivity contribution in [2.75, 3.05) is 37.4 Å². The van der Waals surface area contributed by atoms with Crippen LogP contribution in [0.5, 0.6) is 5.75 Å². The molecule has 5 rings (SSSR count). The number of ether oxygens (including phenoxy) is 1. The molecule has 2 aliphatic rings. The molecular weight excluding hydrogens is 318 g/mol. The monoisotopic (exact) mass is 339 g/mol. The number of hydrogen-bond donors (Lipinski definition) is 2. The molecule has 2 fully saturated rings. The van der Waals surface area contributed by atoms with Crippen LogP contribution >= 0.6 is 0 Å². The van der Waals surface area contributed by atoms with Crippen LogP contribution in [0.15, 0.2) is 22.6 Å². The minimum atomic E-state index is 0.274. The summed E-state index contributed by atoms with van der Waals surface area (Å²) in [6.07, 6.45) is 2.50. The zero-order chi connectivity index (χ0) is 17.0. The number of hydrogen-bond acceptors (Lipinski definition) is 7. The third-order valence-electron chi connectivity index (χ3n) is 5.42.